The Labute approximate surface area is 222 Å². The lowest BCUT2D eigenvalue weighted by atomic mass is 9.75. The number of fused-ring (bicyclic) bond motifs is 4. The minimum absolute atomic E-state index is 0.0538. The Balaban J connectivity index is 1.47. The number of carboxylic acids is 1. The van der Waals surface area contributed by atoms with E-state index < -0.39 is 5.97 Å². The second kappa shape index (κ2) is 9.39. The summed E-state index contributed by atoms with van der Waals surface area (Å²) in [6.45, 7) is 0. The van der Waals surface area contributed by atoms with Crippen LogP contribution in [0.25, 0.3) is 10.8 Å². The molecule has 0 amide bonds. The van der Waals surface area contributed by atoms with Crippen LogP contribution in [0, 0.1) is 16.0 Å². The number of halogens is 1. The summed E-state index contributed by atoms with van der Waals surface area (Å²) in [4.78, 5) is 23.9. The van der Waals surface area contributed by atoms with Crippen molar-refractivity contribution in [1.82, 2.24) is 0 Å². The van der Waals surface area contributed by atoms with E-state index >= 15 is 0 Å². The molecule has 2 aliphatic rings. The molecule has 0 unspecified atom stereocenters. The topological polar surface area (TPSA) is 95.3 Å². The van der Waals surface area contributed by atoms with Gasteiger partial charge in [-0.1, -0.05) is 72.8 Å². The number of rotatable bonds is 5. The van der Waals surface area contributed by atoms with Crippen molar-refractivity contribution in [3.63, 3.8) is 0 Å². The van der Waals surface area contributed by atoms with Gasteiger partial charge in [-0.25, -0.2) is 0 Å². The number of anilines is 1. The molecule has 1 fully saturated rings. The molecule has 1 aliphatic carbocycles. The second-order valence-electron chi connectivity index (χ2n) is 9.50. The van der Waals surface area contributed by atoms with Crippen LogP contribution in [0.4, 0.5) is 11.4 Å². The minimum atomic E-state index is -1.24. The first-order valence-electron chi connectivity index (χ1n) is 12.1. The summed E-state index contributed by atoms with van der Waals surface area (Å²) in [7, 11) is 0. The number of hydrogen-bond donors (Lipinski definition) is 1. The molecule has 186 valence electrons. The van der Waals surface area contributed by atoms with Crippen LogP contribution < -0.4 is 10.4 Å². The molecule has 0 radical (unpaired) electrons. The Hall–Kier alpha value is -3.55. The van der Waals surface area contributed by atoms with Gasteiger partial charge in [-0.05, 0) is 40.3 Å². The van der Waals surface area contributed by atoms with Gasteiger partial charge >= 0.3 is 0 Å². The maximum absolute atomic E-state index is 12.1. The zero-order valence-electron chi connectivity index (χ0n) is 19.5. The van der Waals surface area contributed by atoms with E-state index in [0.29, 0.717) is 17.0 Å². The van der Waals surface area contributed by atoms with Gasteiger partial charge in [0.1, 0.15) is 0 Å². The zero-order chi connectivity index (χ0) is 25.7. The van der Waals surface area contributed by atoms with Crippen molar-refractivity contribution in [1.29, 1.82) is 0 Å². The molecule has 4 aromatic rings. The maximum Gasteiger partial charge on any atom is 0.282 e. The second-order valence-corrected chi connectivity index (χ2v) is 11.3. The van der Waals surface area contributed by atoms with Crippen LogP contribution >= 0.6 is 23.4 Å². The summed E-state index contributed by atoms with van der Waals surface area (Å²) >= 11 is 8.62. The monoisotopic (exact) mass is 529 g/mol. The minimum Gasteiger partial charge on any atom is -0.545 e. The first kappa shape index (κ1) is 23.8. The fourth-order valence-corrected chi connectivity index (χ4v) is 7.96. The predicted octanol–water partition coefficient (Wildman–Crippen LogP) is 6.15. The number of hydrogen-bond acceptors (Lipinski definition) is 6. The third-order valence-corrected chi connectivity index (χ3v) is 9.68. The van der Waals surface area contributed by atoms with Crippen LogP contribution in [-0.2, 0) is 0 Å². The van der Waals surface area contributed by atoms with Gasteiger partial charge < -0.3 is 15.2 Å². The Morgan fingerprint density at radius 1 is 0.946 bits per heavy atom. The van der Waals surface area contributed by atoms with Crippen molar-refractivity contribution in [2.75, 3.05) is 5.32 Å². The first-order chi connectivity index (χ1) is 17.9. The van der Waals surface area contributed by atoms with Gasteiger partial charge in [-0.15, -0.1) is 23.4 Å². The number of para-hydroxylation sites is 2. The van der Waals surface area contributed by atoms with Crippen LogP contribution in [0.3, 0.4) is 0 Å². The Kier molecular flexibility index (Phi) is 6.05. The molecule has 1 aliphatic heterocycles. The molecule has 0 spiro atoms. The standard InChI is InChI=1S/C29H23ClN2O4S/c30-26-24(37-23-14-4-3-13-22(23)32(35)36)15-21-25(26)19-11-6-12-20(29(33)34)28(19)31-27(21)18-10-5-8-16-7-1-2-9-17(16)18/h1-14,21,24-27,31H,15H2,(H,33,34)/p-1/t21-,24-,25+,26-,27+/m0/s1. The van der Waals surface area contributed by atoms with E-state index in [0.717, 1.165) is 21.9 Å². The van der Waals surface area contributed by atoms with Crippen molar-refractivity contribution in [2.45, 2.75) is 33.9 Å². The molecule has 1 N–H and O–H groups in total. The lowest BCUT2D eigenvalue weighted by molar-refractivity contribution is -0.387. The Bertz CT molecular complexity index is 1540. The number of aromatic carboxylic acids is 1. The number of benzene rings is 4. The van der Waals surface area contributed by atoms with Crippen molar-refractivity contribution in [2.24, 2.45) is 5.92 Å². The smallest absolute Gasteiger partial charge is 0.282 e. The molecule has 1 heterocycles. The highest BCUT2D eigenvalue weighted by atomic mass is 35.5. The predicted molar refractivity (Wildman–Crippen MR) is 144 cm³/mol. The normalized spacial score (nSPS) is 24.2. The van der Waals surface area contributed by atoms with Crippen molar-refractivity contribution >= 4 is 51.5 Å². The highest BCUT2D eigenvalue weighted by Gasteiger charge is 2.51. The van der Waals surface area contributed by atoms with Gasteiger partial charge in [-0.3, -0.25) is 10.1 Å². The van der Waals surface area contributed by atoms with E-state index in [9.17, 15) is 20.0 Å². The molecule has 0 bridgehead atoms. The van der Waals surface area contributed by atoms with Gasteiger partial charge in [0.25, 0.3) is 5.69 Å². The number of alkyl halides is 1. The van der Waals surface area contributed by atoms with Gasteiger partial charge in [0.15, 0.2) is 0 Å². The lowest BCUT2D eigenvalue weighted by Gasteiger charge is -2.40. The average Bonchev–Trinajstić information content (AvgIpc) is 3.23. The van der Waals surface area contributed by atoms with Crippen LogP contribution in [-0.4, -0.2) is 21.5 Å². The number of nitro groups is 1. The molecule has 0 saturated heterocycles. The van der Waals surface area contributed by atoms with Crippen LogP contribution in [0.1, 0.15) is 39.9 Å². The molecule has 1 saturated carbocycles. The first-order valence-corrected chi connectivity index (χ1v) is 13.4. The quantitative estimate of drug-likeness (QED) is 0.189. The molecule has 6 rings (SSSR count). The van der Waals surface area contributed by atoms with Gasteiger partial charge in [0, 0.05) is 28.5 Å². The number of carbonyl (C=O) groups is 1. The Morgan fingerprint density at radius 2 is 1.65 bits per heavy atom. The lowest BCUT2D eigenvalue weighted by Crippen LogP contribution is -2.34. The molecule has 37 heavy (non-hydrogen) atoms. The van der Waals surface area contributed by atoms with Crippen molar-refractivity contribution in [3.05, 3.63) is 112 Å². The van der Waals surface area contributed by atoms with Crippen molar-refractivity contribution < 1.29 is 14.8 Å². The summed E-state index contributed by atoms with van der Waals surface area (Å²) in [6, 6.07) is 26.0. The SMILES string of the molecule is O=C([O-])c1cccc2c1N[C@H](c1cccc3ccccc13)[C@H]1C[C@H](Sc3ccccc3[N+](=O)[O-])[C@H](Cl)[C@H]21. The highest BCUT2D eigenvalue weighted by molar-refractivity contribution is 8.00. The average molecular weight is 530 g/mol. The summed E-state index contributed by atoms with van der Waals surface area (Å²) in [5.74, 6) is -1.33. The largest absolute Gasteiger partial charge is 0.545 e. The van der Waals surface area contributed by atoms with Crippen molar-refractivity contribution in [3.8, 4) is 0 Å². The molecule has 0 aromatic heterocycles. The molecule has 6 nitrogen and oxygen atoms in total. The zero-order valence-corrected chi connectivity index (χ0v) is 21.1. The van der Waals surface area contributed by atoms with E-state index in [1.807, 2.05) is 24.3 Å². The van der Waals surface area contributed by atoms with E-state index in [1.165, 1.54) is 17.8 Å². The van der Waals surface area contributed by atoms with E-state index in [-0.39, 0.29) is 44.7 Å². The molecule has 8 heteroatoms. The number of thioether (sulfide) groups is 1. The Morgan fingerprint density at radius 3 is 2.46 bits per heavy atom. The number of nitrogens with zero attached hydrogens (tertiary/aromatic N) is 1. The highest BCUT2D eigenvalue weighted by Crippen LogP contribution is 2.59. The van der Waals surface area contributed by atoms with Gasteiger partial charge in [-0.2, -0.15) is 0 Å². The van der Waals surface area contributed by atoms with Crippen LogP contribution in [0.2, 0.25) is 0 Å². The van der Waals surface area contributed by atoms with Gasteiger partial charge in [0.05, 0.1) is 27.2 Å². The summed E-state index contributed by atoms with van der Waals surface area (Å²) in [5, 5.41) is 29.0. The third kappa shape index (κ3) is 4.03. The summed E-state index contributed by atoms with van der Waals surface area (Å²) in [5.41, 5.74) is 2.65. The fourth-order valence-electron chi connectivity index (χ4n) is 6.01. The molecule has 4 aromatic carbocycles. The third-order valence-electron chi connectivity index (χ3n) is 7.57. The van der Waals surface area contributed by atoms with E-state index in [1.54, 1.807) is 30.3 Å². The number of nitrogens with one attached hydrogen (secondary N) is 1. The van der Waals surface area contributed by atoms with Crippen LogP contribution in [0.5, 0.6) is 0 Å². The van der Waals surface area contributed by atoms with E-state index in [2.05, 4.69) is 29.6 Å². The molecule has 5 atom stereocenters. The number of nitro benzene ring substituents is 1. The fraction of sp³-hybridized carbons (Fsp3) is 0.207. The molecular formula is C29H22ClN2O4S-. The molecular weight excluding hydrogens is 508 g/mol. The number of carbonyl (C=O) groups excluding carboxylic acids is 1. The van der Waals surface area contributed by atoms with Gasteiger partial charge in [0.2, 0.25) is 0 Å². The maximum atomic E-state index is 12.1. The summed E-state index contributed by atoms with van der Waals surface area (Å²) < 4.78 is 0. The van der Waals surface area contributed by atoms with Crippen LogP contribution in [0.15, 0.2) is 89.8 Å². The van der Waals surface area contributed by atoms with E-state index in [4.69, 9.17) is 11.6 Å². The number of carboxylic acid groups (broad SMARTS) is 1. The summed E-state index contributed by atoms with van der Waals surface area (Å²) in [6.07, 6.45) is 0.714.